The molecule has 0 saturated carbocycles. The van der Waals surface area contributed by atoms with E-state index in [4.69, 9.17) is 28.9 Å². The van der Waals surface area contributed by atoms with E-state index >= 15 is 0 Å². The van der Waals surface area contributed by atoms with E-state index in [1.807, 2.05) is 20.8 Å². The van der Waals surface area contributed by atoms with Crippen molar-refractivity contribution in [3.63, 3.8) is 0 Å². The summed E-state index contributed by atoms with van der Waals surface area (Å²) >= 11 is 12.2. The molecule has 0 aliphatic rings. The maximum atomic E-state index is 12.8. The highest BCUT2D eigenvalue weighted by molar-refractivity contribution is 7.89. The predicted octanol–water partition coefficient (Wildman–Crippen LogP) is 3.51. The van der Waals surface area contributed by atoms with E-state index in [1.165, 1.54) is 16.4 Å². The maximum absolute atomic E-state index is 12.8. The van der Waals surface area contributed by atoms with Crippen LogP contribution in [0.25, 0.3) is 0 Å². The molecule has 0 aliphatic carbocycles. The Morgan fingerprint density at radius 1 is 1.29 bits per heavy atom. The van der Waals surface area contributed by atoms with Gasteiger partial charge in [-0.2, -0.15) is 4.31 Å². The Balaban J connectivity index is 3.29. The number of nitrogens with zero attached hydrogens (tertiary/aromatic N) is 1. The first-order chi connectivity index (χ1) is 9.79. The zero-order valence-corrected chi connectivity index (χ0v) is 14.9. The largest absolute Gasteiger partial charge is 0.326 e. The zero-order chi connectivity index (χ0) is 16.2. The van der Waals surface area contributed by atoms with E-state index in [-0.39, 0.29) is 22.4 Å². The Morgan fingerprint density at radius 2 is 1.90 bits per heavy atom. The molecule has 0 bridgehead atoms. The number of halogens is 2. The molecule has 7 heteroatoms. The first-order valence-electron chi connectivity index (χ1n) is 6.96. The van der Waals surface area contributed by atoms with Crippen LogP contribution in [-0.4, -0.2) is 25.8 Å². The van der Waals surface area contributed by atoms with Crippen LogP contribution < -0.4 is 5.73 Å². The summed E-state index contributed by atoms with van der Waals surface area (Å²) in [6, 6.07) is 2.97. The van der Waals surface area contributed by atoms with Gasteiger partial charge < -0.3 is 5.73 Å². The van der Waals surface area contributed by atoms with Crippen molar-refractivity contribution in [1.29, 1.82) is 0 Å². The molecule has 0 aromatic heterocycles. The topological polar surface area (TPSA) is 63.4 Å². The molecule has 0 amide bonds. The zero-order valence-electron chi connectivity index (χ0n) is 12.6. The maximum Gasteiger partial charge on any atom is 0.244 e. The van der Waals surface area contributed by atoms with Crippen LogP contribution in [0.5, 0.6) is 0 Å². The van der Waals surface area contributed by atoms with Gasteiger partial charge in [-0.15, -0.1) is 0 Å². The molecule has 2 N–H and O–H groups in total. The Hall–Kier alpha value is -0.330. The molecule has 21 heavy (non-hydrogen) atoms. The van der Waals surface area contributed by atoms with Crippen LogP contribution in [0.3, 0.4) is 0 Å². The van der Waals surface area contributed by atoms with Crippen molar-refractivity contribution in [1.82, 2.24) is 4.31 Å². The SMILES string of the molecule is CCC(C)CN(CC)S(=O)(=O)c1ccc(Cl)c(CN)c1Cl. The van der Waals surface area contributed by atoms with E-state index in [0.717, 1.165) is 6.42 Å². The molecule has 0 radical (unpaired) electrons. The summed E-state index contributed by atoms with van der Waals surface area (Å²) in [6.45, 7) is 6.82. The smallest absolute Gasteiger partial charge is 0.244 e. The van der Waals surface area contributed by atoms with Gasteiger partial charge in [0, 0.05) is 30.2 Å². The summed E-state index contributed by atoms with van der Waals surface area (Å²) in [7, 11) is -3.65. The predicted molar refractivity (Wildman–Crippen MR) is 88.2 cm³/mol. The summed E-state index contributed by atoms with van der Waals surface area (Å²) in [4.78, 5) is 0.0687. The minimum Gasteiger partial charge on any atom is -0.326 e. The van der Waals surface area contributed by atoms with Crippen molar-refractivity contribution < 1.29 is 8.42 Å². The summed E-state index contributed by atoms with van der Waals surface area (Å²) < 4.78 is 27.0. The van der Waals surface area contributed by atoms with Crippen molar-refractivity contribution in [3.8, 4) is 0 Å². The van der Waals surface area contributed by atoms with Crippen LogP contribution in [0.1, 0.15) is 32.8 Å². The Kier molecular flexibility index (Phi) is 6.94. The lowest BCUT2D eigenvalue weighted by Crippen LogP contribution is -2.34. The lowest BCUT2D eigenvalue weighted by atomic mass is 10.1. The van der Waals surface area contributed by atoms with Gasteiger partial charge in [0.25, 0.3) is 0 Å². The van der Waals surface area contributed by atoms with Gasteiger partial charge in [0.05, 0.1) is 5.02 Å². The highest BCUT2D eigenvalue weighted by atomic mass is 35.5. The number of nitrogens with two attached hydrogens (primary N) is 1. The quantitative estimate of drug-likeness (QED) is 0.816. The van der Waals surface area contributed by atoms with E-state index in [2.05, 4.69) is 0 Å². The molecule has 1 unspecified atom stereocenters. The molecule has 1 atom stereocenters. The van der Waals surface area contributed by atoms with Gasteiger partial charge in [-0.25, -0.2) is 8.42 Å². The first kappa shape index (κ1) is 18.7. The third-order valence-electron chi connectivity index (χ3n) is 3.54. The molecular weight excluding hydrogens is 331 g/mol. The molecule has 0 spiro atoms. The second kappa shape index (κ2) is 7.79. The Bertz CT molecular complexity index is 591. The second-order valence-electron chi connectivity index (χ2n) is 5.01. The van der Waals surface area contributed by atoms with Crippen molar-refractivity contribution in [2.75, 3.05) is 13.1 Å². The van der Waals surface area contributed by atoms with Crippen LogP contribution >= 0.6 is 23.2 Å². The highest BCUT2D eigenvalue weighted by Gasteiger charge is 2.28. The molecular formula is C14H22Cl2N2O2S. The lowest BCUT2D eigenvalue weighted by molar-refractivity contribution is 0.361. The van der Waals surface area contributed by atoms with E-state index < -0.39 is 10.0 Å². The molecule has 1 aromatic rings. The second-order valence-corrected chi connectivity index (χ2v) is 7.70. The molecule has 0 aliphatic heterocycles. The fraction of sp³-hybridized carbons (Fsp3) is 0.571. The van der Waals surface area contributed by atoms with E-state index in [0.29, 0.717) is 23.7 Å². The highest BCUT2D eigenvalue weighted by Crippen LogP contribution is 2.32. The third kappa shape index (κ3) is 4.11. The van der Waals surface area contributed by atoms with E-state index in [9.17, 15) is 8.42 Å². The number of sulfonamides is 1. The van der Waals surface area contributed by atoms with Gasteiger partial charge in [0.15, 0.2) is 0 Å². The van der Waals surface area contributed by atoms with Crippen molar-refractivity contribution >= 4 is 33.2 Å². The molecule has 4 nitrogen and oxygen atoms in total. The van der Waals surface area contributed by atoms with E-state index in [1.54, 1.807) is 0 Å². The molecule has 1 rings (SSSR count). The number of rotatable bonds is 7. The third-order valence-corrected chi connectivity index (χ3v) is 6.42. The van der Waals surface area contributed by atoms with Gasteiger partial charge in [0.1, 0.15) is 4.90 Å². The van der Waals surface area contributed by atoms with Crippen LogP contribution in [0.15, 0.2) is 17.0 Å². The lowest BCUT2D eigenvalue weighted by Gasteiger charge is -2.24. The fourth-order valence-corrected chi connectivity index (χ4v) is 4.45. The molecule has 120 valence electrons. The Labute approximate surface area is 137 Å². The minimum atomic E-state index is -3.65. The number of benzene rings is 1. The summed E-state index contributed by atoms with van der Waals surface area (Å²) in [5, 5.41) is 0.499. The average molecular weight is 353 g/mol. The van der Waals surface area contributed by atoms with Crippen molar-refractivity contribution in [2.24, 2.45) is 11.7 Å². The van der Waals surface area contributed by atoms with Gasteiger partial charge in [-0.1, -0.05) is 50.4 Å². The number of hydrogen-bond acceptors (Lipinski definition) is 3. The van der Waals surface area contributed by atoms with Crippen LogP contribution in [0, 0.1) is 5.92 Å². The average Bonchev–Trinajstić information content (AvgIpc) is 2.44. The standard InChI is InChI=1S/C14H22Cl2N2O2S/c1-4-10(3)9-18(5-2)21(19,20)13-7-6-12(15)11(8-17)14(13)16/h6-7,10H,4-5,8-9,17H2,1-3H3. The Morgan fingerprint density at radius 3 is 2.38 bits per heavy atom. The monoisotopic (exact) mass is 352 g/mol. The molecule has 0 fully saturated rings. The first-order valence-corrected chi connectivity index (χ1v) is 9.16. The molecule has 0 saturated heterocycles. The van der Waals surface area contributed by atoms with Gasteiger partial charge in [-0.3, -0.25) is 0 Å². The normalized spacial score (nSPS) is 13.7. The summed E-state index contributed by atoms with van der Waals surface area (Å²) in [6.07, 6.45) is 0.911. The van der Waals surface area contributed by atoms with Gasteiger partial charge in [0.2, 0.25) is 10.0 Å². The van der Waals surface area contributed by atoms with Crippen molar-refractivity contribution in [2.45, 2.75) is 38.6 Å². The minimum absolute atomic E-state index is 0.0687. The van der Waals surface area contributed by atoms with Crippen molar-refractivity contribution in [3.05, 3.63) is 27.7 Å². The summed E-state index contributed by atoms with van der Waals surface area (Å²) in [5.41, 5.74) is 6.05. The molecule has 1 aromatic carbocycles. The van der Waals surface area contributed by atoms with Crippen LogP contribution in [-0.2, 0) is 16.6 Å². The fourth-order valence-electron chi connectivity index (χ4n) is 1.98. The van der Waals surface area contributed by atoms with Crippen LogP contribution in [0.2, 0.25) is 10.0 Å². The van der Waals surface area contributed by atoms with Gasteiger partial charge in [-0.05, 0) is 18.1 Å². The van der Waals surface area contributed by atoms with Gasteiger partial charge >= 0.3 is 0 Å². The van der Waals surface area contributed by atoms with Crippen LogP contribution in [0.4, 0.5) is 0 Å². The summed E-state index contributed by atoms with van der Waals surface area (Å²) in [5.74, 6) is 0.278. The number of hydrogen-bond donors (Lipinski definition) is 1. The molecule has 0 heterocycles.